The van der Waals surface area contributed by atoms with Crippen LogP contribution in [-0.2, 0) is 6.42 Å². The first-order valence-electron chi connectivity index (χ1n) is 7.37. The molecule has 0 aliphatic rings. The number of rotatable bonds is 7. The summed E-state index contributed by atoms with van der Waals surface area (Å²) < 4.78 is 6.69. The van der Waals surface area contributed by atoms with Crippen LogP contribution in [0.5, 0.6) is 5.75 Å². The fourth-order valence-corrected chi connectivity index (χ4v) is 3.19. The molecule has 0 fully saturated rings. The van der Waals surface area contributed by atoms with E-state index in [-0.39, 0.29) is 5.78 Å². The van der Waals surface area contributed by atoms with Crippen LogP contribution < -0.4 is 4.74 Å². The Kier molecular flexibility index (Phi) is 6.40. The summed E-state index contributed by atoms with van der Waals surface area (Å²) in [6.07, 6.45) is 5.35. The van der Waals surface area contributed by atoms with Gasteiger partial charge in [-0.15, -0.1) is 11.3 Å². The highest BCUT2D eigenvalue weighted by Crippen LogP contribution is 2.25. The summed E-state index contributed by atoms with van der Waals surface area (Å²) in [5, 5.41) is 0. The summed E-state index contributed by atoms with van der Waals surface area (Å²) in [5.74, 6) is 0.834. The quantitative estimate of drug-likeness (QED) is 0.452. The summed E-state index contributed by atoms with van der Waals surface area (Å²) in [6, 6.07) is 9.73. The molecule has 0 amide bonds. The van der Waals surface area contributed by atoms with E-state index in [1.54, 1.807) is 17.4 Å². The Morgan fingerprint density at radius 3 is 2.77 bits per heavy atom. The van der Waals surface area contributed by atoms with Crippen LogP contribution >= 0.6 is 27.3 Å². The first kappa shape index (κ1) is 17.0. The van der Waals surface area contributed by atoms with Crippen molar-refractivity contribution in [1.29, 1.82) is 0 Å². The van der Waals surface area contributed by atoms with Crippen molar-refractivity contribution in [2.45, 2.75) is 26.7 Å². The minimum Gasteiger partial charge on any atom is -0.493 e. The number of thiophene rings is 1. The van der Waals surface area contributed by atoms with E-state index in [1.165, 1.54) is 4.88 Å². The van der Waals surface area contributed by atoms with E-state index in [0.29, 0.717) is 6.61 Å². The van der Waals surface area contributed by atoms with Crippen molar-refractivity contribution in [3.05, 3.63) is 56.2 Å². The Hall–Kier alpha value is -1.39. The highest BCUT2D eigenvalue weighted by molar-refractivity contribution is 9.10. The Morgan fingerprint density at radius 2 is 2.09 bits per heavy atom. The van der Waals surface area contributed by atoms with Gasteiger partial charge >= 0.3 is 0 Å². The molecule has 0 aliphatic carbocycles. The largest absolute Gasteiger partial charge is 0.493 e. The van der Waals surface area contributed by atoms with Gasteiger partial charge in [-0.25, -0.2) is 0 Å². The molecule has 0 saturated heterocycles. The minimum absolute atomic E-state index is 0.0334. The van der Waals surface area contributed by atoms with Crippen LogP contribution in [0.15, 0.2) is 40.9 Å². The van der Waals surface area contributed by atoms with Crippen molar-refractivity contribution < 1.29 is 9.53 Å². The molecule has 0 bridgehead atoms. The van der Waals surface area contributed by atoms with Gasteiger partial charge in [0, 0.05) is 14.9 Å². The van der Waals surface area contributed by atoms with Gasteiger partial charge in [0.05, 0.1) is 11.5 Å². The highest BCUT2D eigenvalue weighted by Gasteiger charge is 2.07. The van der Waals surface area contributed by atoms with Crippen LogP contribution in [0.25, 0.3) is 6.08 Å². The number of carbonyl (C=O) groups excluding carboxylic acids is 1. The second-order valence-electron chi connectivity index (χ2n) is 4.85. The van der Waals surface area contributed by atoms with E-state index in [2.05, 4.69) is 29.8 Å². The van der Waals surface area contributed by atoms with Crippen LogP contribution in [-0.4, -0.2) is 12.4 Å². The van der Waals surface area contributed by atoms with Crippen molar-refractivity contribution in [1.82, 2.24) is 0 Å². The van der Waals surface area contributed by atoms with Gasteiger partial charge in [0.2, 0.25) is 0 Å². The molecule has 0 radical (unpaired) electrons. The van der Waals surface area contributed by atoms with Gasteiger partial charge in [0.1, 0.15) is 5.75 Å². The molecule has 22 heavy (non-hydrogen) atoms. The predicted molar refractivity (Wildman–Crippen MR) is 97.0 cm³/mol. The van der Waals surface area contributed by atoms with E-state index in [1.807, 2.05) is 36.4 Å². The predicted octanol–water partition coefficient (Wildman–Crippen LogP) is 5.76. The van der Waals surface area contributed by atoms with Crippen LogP contribution in [0.1, 0.15) is 40.4 Å². The molecule has 2 aromatic rings. The van der Waals surface area contributed by atoms with E-state index < -0.39 is 0 Å². The number of ketones is 1. The summed E-state index contributed by atoms with van der Waals surface area (Å²) in [7, 11) is 0. The third kappa shape index (κ3) is 4.55. The summed E-state index contributed by atoms with van der Waals surface area (Å²) in [5.41, 5.74) is 0.906. The Balaban J connectivity index is 2.17. The average Bonchev–Trinajstić information content (AvgIpc) is 3.00. The first-order valence-corrected chi connectivity index (χ1v) is 8.98. The number of aryl methyl sites for hydroxylation is 1. The molecule has 116 valence electrons. The molecule has 0 saturated carbocycles. The molecule has 0 N–H and O–H groups in total. The molecule has 1 aromatic heterocycles. The highest BCUT2D eigenvalue weighted by atomic mass is 79.9. The van der Waals surface area contributed by atoms with Crippen molar-refractivity contribution >= 4 is 39.1 Å². The summed E-state index contributed by atoms with van der Waals surface area (Å²) in [6.45, 7) is 4.83. The van der Waals surface area contributed by atoms with Crippen LogP contribution in [0.3, 0.4) is 0 Å². The van der Waals surface area contributed by atoms with Gasteiger partial charge in [-0.2, -0.15) is 0 Å². The number of allylic oxidation sites excluding steroid dienone is 1. The Morgan fingerprint density at radius 1 is 1.27 bits per heavy atom. The second-order valence-corrected chi connectivity index (χ2v) is 6.93. The van der Waals surface area contributed by atoms with E-state index in [4.69, 9.17) is 4.74 Å². The van der Waals surface area contributed by atoms with E-state index >= 15 is 0 Å². The van der Waals surface area contributed by atoms with Crippen LogP contribution in [0.4, 0.5) is 0 Å². The zero-order chi connectivity index (χ0) is 15.9. The van der Waals surface area contributed by atoms with E-state index in [0.717, 1.165) is 33.5 Å². The molecule has 0 spiro atoms. The van der Waals surface area contributed by atoms with Crippen molar-refractivity contribution in [3.8, 4) is 5.75 Å². The Labute approximate surface area is 144 Å². The lowest BCUT2D eigenvalue weighted by atomic mass is 10.1. The van der Waals surface area contributed by atoms with Crippen molar-refractivity contribution in [2.75, 3.05) is 6.61 Å². The number of hydrogen-bond acceptors (Lipinski definition) is 3. The first-order chi connectivity index (χ1) is 10.6. The number of benzene rings is 1. The molecule has 4 heteroatoms. The SMILES string of the molecule is CCCOc1ccc(Br)cc1/C=C/C(=O)c1ccc(CC)s1. The van der Waals surface area contributed by atoms with Gasteiger partial charge in [0.25, 0.3) is 0 Å². The molecule has 1 aromatic carbocycles. The van der Waals surface area contributed by atoms with Gasteiger partial charge in [0.15, 0.2) is 5.78 Å². The number of halogens is 1. The molecule has 2 rings (SSSR count). The molecule has 0 aliphatic heterocycles. The minimum atomic E-state index is 0.0334. The van der Waals surface area contributed by atoms with Crippen molar-refractivity contribution in [2.24, 2.45) is 0 Å². The lowest BCUT2D eigenvalue weighted by molar-refractivity contribution is 0.105. The van der Waals surface area contributed by atoms with E-state index in [9.17, 15) is 4.79 Å². The summed E-state index contributed by atoms with van der Waals surface area (Å²) >= 11 is 5.01. The van der Waals surface area contributed by atoms with Crippen molar-refractivity contribution in [3.63, 3.8) is 0 Å². The fraction of sp³-hybridized carbons (Fsp3) is 0.278. The maximum Gasteiger partial charge on any atom is 0.195 e. The molecule has 1 heterocycles. The van der Waals surface area contributed by atoms with Gasteiger partial charge in [-0.1, -0.05) is 29.8 Å². The monoisotopic (exact) mass is 378 g/mol. The number of ether oxygens (including phenoxy) is 1. The standard InChI is InChI=1S/C18H19BrO2S/c1-3-11-21-17-9-6-14(19)12-13(17)5-8-16(20)18-10-7-15(4-2)22-18/h5-10,12H,3-4,11H2,1-2H3/b8-5+. The molecule has 0 atom stereocenters. The lowest BCUT2D eigenvalue weighted by Gasteiger charge is -2.08. The third-order valence-electron chi connectivity index (χ3n) is 3.10. The third-order valence-corrected chi connectivity index (χ3v) is 4.84. The summed E-state index contributed by atoms with van der Waals surface area (Å²) in [4.78, 5) is 14.2. The smallest absolute Gasteiger partial charge is 0.195 e. The zero-order valence-corrected chi connectivity index (χ0v) is 15.2. The zero-order valence-electron chi connectivity index (χ0n) is 12.8. The maximum atomic E-state index is 12.2. The second kappa shape index (κ2) is 8.30. The lowest BCUT2D eigenvalue weighted by Crippen LogP contribution is -1.97. The maximum absolute atomic E-state index is 12.2. The Bertz CT molecular complexity index is 673. The van der Waals surface area contributed by atoms with Gasteiger partial charge in [-0.05, 0) is 55.3 Å². The van der Waals surface area contributed by atoms with Crippen LogP contribution in [0.2, 0.25) is 0 Å². The fourth-order valence-electron chi connectivity index (χ4n) is 1.94. The van der Waals surface area contributed by atoms with Crippen LogP contribution in [0, 0.1) is 0 Å². The normalized spacial score (nSPS) is 11.0. The molecule has 0 unspecified atom stereocenters. The molecular weight excluding hydrogens is 360 g/mol. The topological polar surface area (TPSA) is 26.3 Å². The number of carbonyl (C=O) groups is 1. The molecule has 2 nitrogen and oxygen atoms in total. The van der Waals surface area contributed by atoms with Gasteiger partial charge in [-0.3, -0.25) is 4.79 Å². The molecular formula is C18H19BrO2S. The van der Waals surface area contributed by atoms with Gasteiger partial charge < -0.3 is 4.74 Å². The number of hydrogen-bond donors (Lipinski definition) is 0. The average molecular weight is 379 g/mol.